The average molecular weight is 864 g/mol. The number of carbonyl (C=O) groups excluding carboxylic acids is 4. The summed E-state index contributed by atoms with van der Waals surface area (Å²) in [7, 11) is 3.20. The van der Waals surface area contributed by atoms with Crippen molar-refractivity contribution in [3.05, 3.63) is 131 Å². The molecule has 6 unspecified atom stereocenters. The van der Waals surface area contributed by atoms with Gasteiger partial charge in [-0.05, 0) is 116 Å². The second kappa shape index (κ2) is 14.8. The molecule has 4 aliphatic rings. The van der Waals surface area contributed by atoms with Gasteiger partial charge in [0.2, 0.25) is 23.6 Å². The third kappa shape index (κ3) is 6.10. The number of anilines is 4. The van der Waals surface area contributed by atoms with Crippen LogP contribution < -0.4 is 19.9 Å². The van der Waals surface area contributed by atoms with Crippen LogP contribution in [0.4, 0.5) is 22.9 Å². The number of hydrogen-bond donors (Lipinski definition) is 2. The molecule has 2 aliphatic heterocycles. The Hall–Kier alpha value is -6.50. The maximum Gasteiger partial charge on any atom is 0.242 e. The number of carbonyl (C=O) groups is 4. The zero-order valence-electron chi connectivity index (χ0n) is 34.3. The van der Waals surface area contributed by atoms with Gasteiger partial charge in [-0.25, -0.2) is 4.90 Å². The van der Waals surface area contributed by atoms with Crippen LogP contribution in [-0.2, 0) is 26.2 Å². The van der Waals surface area contributed by atoms with Crippen LogP contribution in [0.2, 0.25) is 5.02 Å². The highest BCUT2D eigenvalue weighted by atomic mass is 35.5. The van der Waals surface area contributed by atoms with Gasteiger partial charge in [0, 0.05) is 40.1 Å². The fraction of sp³-hybridized carbons (Fsp3) is 0.245. The first kappa shape index (κ1) is 39.6. The van der Waals surface area contributed by atoms with Gasteiger partial charge in [0.1, 0.15) is 11.5 Å². The number of halogens is 1. The van der Waals surface area contributed by atoms with Gasteiger partial charge in [-0.3, -0.25) is 28.8 Å². The molecule has 312 valence electrons. The van der Waals surface area contributed by atoms with Crippen molar-refractivity contribution in [1.29, 1.82) is 0 Å². The number of aromatic nitrogens is 2. The fourth-order valence-corrected chi connectivity index (χ4v) is 11.6. The van der Waals surface area contributed by atoms with Crippen LogP contribution in [0.5, 0.6) is 11.5 Å². The van der Waals surface area contributed by atoms with Crippen molar-refractivity contribution < 1.29 is 29.0 Å². The molecular weight excluding hydrogens is 822 g/mol. The lowest BCUT2D eigenvalue weighted by Gasteiger charge is -2.47. The van der Waals surface area contributed by atoms with Gasteiger partial charge in [-0.2, -0.15) is 5.10 Å². The predicted molar refractivity (Wildman–Crippen MR) is 241 cm³/mol. The maximum absolute atomic E-state index is 15.2. The number of phenolic OH excluding ortho intramolecular Hbond substituents is 1. The number of ether oxygens (including phenoxy) is 1. The van der Waals surface area contributed by atoms with Crippen molar-refractivity contribution in [3.8, 4) is 22.1 Å². The Bertz CT molecular complexity index is 2920. The van der Waals surface area contributed by atoms with Crippen LogP contribution in [0.15, 0.2) is 115 Å². The molecule has 0 spiro atoms. The van der Waals surface area contributed by atoms with E-state index in [0.717, 1.165) is 37.5 Å². The summed E-state index contributed by atoms with van der Waals surface area (Å²) in [5.74, 6) is -3.92. The van der Waals surface area contributed by atoms with Gasteiger partial charge >= 0.3 is 0 Å². The molecule has 6 atom stereocenters. The first-order valence-corrected chi connectivity index (χ1v) is 21.7. The summed E-state index contributed by atoms with van der Waals surface area (Å²) in [5, 5.41) is 20.1. The number of hydrogen-bond acceptors (Lipinski definition) is 9. The largest absolute Gasteiger partial charge is 0.504 e. The van der Waals surface area contributed by atoms with E-state index in [9.17, 15) is 19.5 Å². The average Bonchev–Trinajstić information content (AvgIpc) is 3.94. The van der Waals surface area contributed by atoms with Crippen LogP contribution in [0, 0.1) is 41.9 Å². The lowest BCUT2D eigenvalue weighted by Crippen LogP contribution is -2.49. The number of nitrogens with zero attached hydrogens (tertiary/aromatic N) is 4. The SMILES string of the molecule is COc1cc(C=CC2C3=CCC4C(=O)N(c5ccc(Nc6ccccc6)cc5)C(=O)C4C3CC3C(=O)N(c4cc(-c5sc6ccc(Cl)cc6c5C)nn4C)C(=O)C23C)ccc1O. The Morgan fingerprint density at radius 1 is 0.903 bits per heavy atom. The maximum atomic E-state index is 15.2. The lowest BCUT2D eigenvalue weighted by molar-refractivity contribution is -0.132. The Labute approximate surface area is 366 Å². The first-order chi connectivity index (χ1) is 29.9. The number of nitrogens with one attached hydrogen (secondary N) is 1. The minimum atomic E-state index is -1.24. The molecule has 0 radical (unpaired) electrons. The summed E-state index contributed by atoms with van der Waals surface area (Å²) < 4.78 is 8.01. The van der Waals surface area contributed by atoms with Crippen molar-refractivity contribution in [2.75, 3.05) is 22.2 Å². The number of thiophene rings is 1. The van der Waals surface area contributed by atoms with Crippen molar-refractivity contribution in [3.63, 3.8) is 0 Å². The molecule has 2 saturated heterocycles. The van der Waals surface area contributed by atoms with E-state index in [1.54, 1.807) is 53.4 Å². The third-order valence-corrected chi connectivity index (χ3v) is 15.0. The van der Waals surface area contributed by atoms with Crippen LogP contribution >= 0.6 is 22.9 Å². The van der Waals surface area contributed by atoms with E-state index in [2.05, 4.69) is 5.32 Å². The molecule has 4 heterocycles. The highest BCUT2D eigenvalue weighted by molar-refractivity contribution is 7.22. The number of phenols is 1. The first-order valence-electron chi connectivity index (χ1n) is 20.5. The van der Waals surface area contributed by atoms with Crippen LogP contribution in [0.3, 0.4) is 0 Å². The normalized spacial score (nSPS) is 24.5. The van der Waals surface area contributed by atoms with E-state index in [1.807, 2.05) is 92.7 Å². The van der Waals surface area contributed by atoms with Gasteiger partial charge in [-0.1, -0.05) is 59.7 Å². The van der Waals surface area contributed by atoms with Gasteiger partial charge in [-0.15, -0.1) is 11.3 Å². The quantitative estimate of drug-likeness (QED) is 0.114. The number of fused-ring (bicyclic) bond motifs is 5. The molecule has 0 bridgehead atoms. The minimum absolute atomic E-state index is 0.0103. The van der Waals surface area contributed by atoms with Crippen molar-refractivity contribution >= 4 is 85.6 Å². The molecule has 62 heavy (non-hydrogen) atoms. The summed E-state index contributed by atoms with van der Waals surface area (Å²) in [6.45, 7) is 3.86. The zero-order valence-corrected chi connectivity index (χ0v) is 35.9. The third-order valence-electron chi connectivity index (χ3n) is 13.4. The summed E-state index contributed by atoms with van der Waals surface area (Å²) >= 11 is 7.92. The smallest absolute Gasteiger partial charge is 0.242 e. The van der Waals surface area contributed by atoms with Gasteiger partial charge in [0.25, 0.3) is 0 Å². The minimum Gasteiger partial charge on any atom is -0.504 e. The van der Waals surface area contributed by atoms with Crippen LogP contribution in [0.1, 0.15) is 30.9 Å². The lowest BCUT2D eigenvalue weighted by atomic mass is 9.52. The van der Waals surface area contributed by atoms with E-state index >= 15 is 4.79 Å². The molecule has 4 amide bonds. The summed E-state index contributed by atoms with van der Waals surface area (Å²) in [5.41, 5.74) is 4.18. The van der Waals surface area contributed by atoms with E-state index in [1.165, 1.54) is 23.0 Å². The Morgan fingerprint density at radius 2 is 1.66 bits per heavy atom. The number of rotatable bonds is 8. The second-order valence-corrected chi connectivity index (χ2v) is 18.2. The Balaban J connectivity index is 1.02. The molecule has 1 saturated carbocycles. The number of methoxy groups -OCH3 is 1. The highest BCUT2D eigenvalue weighted by Crippen LogP contribution is 2.61. The number of imide groups is 2. The summed E-state index contributed by atoms with van der Waals surface area (Å²) in [6, 6.07) is 29.5. The molecule has 2 aromatic heterocycles. The molecular formula is C49H42ClN5O6S. The highest BCUT2D eigenvalue weighted by Gasteiger charge is 2.67. The molecule has 11 nitrogen and oxygen atoms in total. The molecule has 4 aromatic carbocycles. The number of aryl methyl sites for hydroxylation is 2. The van der Waals surface area contributed by atoms with Crippen LogP contribution in [-0.4, -0.2) is 45.6 Å². The number of allylic oxidation sites excluding steroid dienone is 3. The summed E-state index contributed by atoms with van der Waals surface area (Å²) in [4.78, 5) is 62.6. The van der Waals surface area contributed by atoms with E-state index in [0.29, 0.717) is 40.0 Å². The van der Waals surface area contributed by atoms with E-state index in [-0.39, 0.29) is 35.8 Å². The molecule has 2 N–H and O–H groups in total. The molecule has 6 aromatic rings. The van der Waals surface area contributed by atoms with Gasteiger partial charge in [0.05, 0.1) is 40.8 Å². The fourth-order valence-electron chi connectivity index (χ4n) is 10.3. The molecule has 13 heteroatoms. The van der Waals surface area contributed by atoms with Crippen molar-refractivity contribution in [2.24, 2.45) is 42.1 Å². The number of para-hydroxylation sites is 1. The number of benzene rings is 4. The standard InChI is InChI=1S/C49H42ClN5O6S/c1-26-34-23-28(50)12-21-41(34)62-44(26)38-25-42(53(3)52-38)55-46(58)37-24-35-32(36(49(37,2)48(55)60)19-10-27-11-20-39(56)40(22-27)61-4)17-18-33-43(35)47(59)54(45(33)57)31-15-13-30(14-16-31)51-29-8-6-5-7-9-29/h5-17,19-23,25,33,35-37,43,51,56H,18,24H2,1-4H3. The molecule has 10 rings (SSSR count). The van der Waals surface area contributed by atoms with Crippen molar-refractivity contribution in [1.82, 2.24) is 9.78 Å². The van der Waals surface area contributed by atoms with Gasteiger partial charge in [0.15, 0.2) is 11.5 Å². The topological polar surface area (TPSA) is 134 Å². The Kier molecular flexibility index (Phi) is 9.49. The second-order valence-electron chi connectivity index (χ2n) is 16.8. The van der Waals surface area contributed by atoms with E-state index < -0.39 is 35.0 Å². The monoisotopic (exact) mass is 863 g/mol. The van der Waals surface area contributed by atoms with Crippen molar-refractivity contribution in [2.45, 2.75) is 26.7 Å². The Morgan fingerprint density at radius 3 is 2.42 bits per heavy atom. The number of aromatic hydroxyl groups is 1. The molecule has 3 fully saturated rings. The predicted octanol–water partition coefficient (Wildman–Crippen LogP) is 9.70. The van der Waals surface area contributed by atoms with Gasteiger partial charge < -0.3 is 15.2 Å². The van der Waals surface area contributed by atoms with Crippen LogP contribution in [0.25, 0.3) is 26.7 Å². The van der Waals surface area contributed by atoms with E-state index in [4.69, 9.17) is 21.4 Å². The molecule has 2 aliphatic carbocycles. The zero-order chi connectivity index (χ0) is 43.2. The summed E-state index contributed by atoms with van der Waals surface area (Å²) in [6.07, 6.45) is 6.36. The number of amides is 4.